The number of aromatic amines is 2. The number of carbonyl (C=O) groups excluding carboxylic acids is 1. The van der Waals surface area contributed by atoms with Crippen LogP contribution < -0.4 is 0 Å². The topological polar surface area (TPSA) is 85.0 Å². The number of fused-ring (bicyclic) bond motifs is 5. The minimum Gasteiger partial charge on any atom is -0.389 e. The molecular formula is C27H27FN4O2. The third-order valence-corrected chi connectivity index (χ3v) is 7.40. The lowest BCUT2D eigenvalue weighted by Gasteiger charge is -2.38. The largest absolute Gasteiger partial charge is 0.389 e. The number of rotatable bonds is 3. The highest BCUT2D eigenvalue weighted by molar-refractivity contribution is 6.00. The normalized spacial score (nSPS) is 17.3. The van der Waals surface area contributed by atoms with Crippen molar-refractivity contribution in [1.82, 2.24) is 20.1 Å². The van der Waals surface area contributed by atoms with E-state index in [1.807, 2.05) is 35.4 Å². The van der Waals surface area contributed by atoms with Crippen molar-refractivity contribution in [3.63, 3.8) is 0 Å². The molecule has 6 rings (SSSR count). The fourth-order valence-electron chi connectivity index (χ4n) is 5.54. The number of carbonyl (C=O) groups is 1. The molecule has 1 saturated heterocycles. The van der Waals surface area contributed by atoms with Crippen molar-refractivity contribution in [2.45, 2.75) is 44.1 Å². The number of hydrogen-bond acceptors (Lipinski definition) is 3. The van der Waals surface area contributed by atoms with Gasteiger partial charge in [-0.05, 0) is 79.1 Å². The summed E-state index contributed by atoms with van der Waals surface area (Å²) in [5.41, 5.74) is 6.12. The molecule has 3 heterocycles. The zero-order valence-electron chi connectivity index (χ0n) is 18.9. The number of piperidine rings is 1. The highest BCUT2D eigenvalue weighted by Gasteiger charge is 2.34. The summed E-state index contributed by atoms with van der Waals surface area (Å²) in [5, 5.41) is 19.5. The SMILES string of the molecule is O=C(c1ccc2[nH]c3c(c2c1)CCCc1cn[nH]c1-3)N1CCC(O)(Cc2cccc(F)c2)CC1. The quantitative estimate of drug-likeness (QED) is 0.426. The van der Waals surface area contributed by atoms with E-state index in [9.17, 15) is 14.3 Å². The molecule has 174 valence electrons. The van der Waals surface area contributed by atoms with Crippen molar-refractivity contribution in [3.05, 3.63) is 76.7 Å². The van der Waals surface area contributed by atoms with E-state index in [0.29, 0.717) is 37.9 Å². The second-order valence-corrected chi connectivity index (χ2v) is 9.69. The molecule has 0 atom stereocenters. The van der Waals surface area contributed by atoms with Gasteiger partial charge in [-0.15, -0.1) is 0 Å². The minimum absolute atomic E-state index is 0.0134. The maximum Gasteiger partial charge on any atom is 0.253 e. The standard InChI is InChI=1S/C27H27FN4O2/c28-20-5-1-3-17(13-20)15-27(34)9-11-32(12-10-27)26(33)18-7-8-23-22(14-18)21-6-2-4-19-16-29-31-24(19)25(21)30-23/h1,3,5,7-8,13-14,16,30,34H,2,4,6,9-12,15H2,(H,29,31). The lowest BCUT2D eigenvalue weighted by molar-refractivity contribution is -0.0162. The first-order chi connectivity index (χ1) is 16.5. The van der Waals surface area contributed by atoms with Crippen LogP contribution in [0.3, 0.4) is 0 Å². The zero-order chi connectivity index (χ0) is 23.3. The molecular weight excluding hydrogens is 431 g/mol. The van der Waals surface area contributed by atoms with Gasteiger partial charge in [-0.2, -0.15) is 5.10 Å². The maximum absolute atomic E-state index is 13.5. The Labute approximate surface area is 196 Å². The van der Waals surface area contributed by atoms with Crippen LogP contribution in [0.4, 0.5) is 4.39 Å². The van der Waals surface area contributed by atoms with E-state index in [1.165, 1.54) is 23.3 Å². The number of aliphatic hydroxyl groups is 1. The summed E-state index contributed by atoms with van der Waals surface area (Å²) in [5.74, 6) is -0.309. The third-order valence-electron chi connectivity index (χ3n) is 7.40. The van der Waals surface area contributed by atoms with Crippen molar-refractivity contribution < 1.29 is 14.3 Å². The predicted octanol–water partition coefficient (Wildman–Crippen LogP) is 4.40. The molecule has 1 fully saturated rings. The number of halogens is 1. The number of nitrogens with one attached hydrogen (secondary N) is 2. The summed E-state index contributed by atoms with van der Waals surface area (Å²) >= 11 is 0. The highest BCUT2D eigenvalue weighted by atomic mass is 19.1. The molecule has 1 aliphatic heterocycles. The van der Waals surface area contributed by atoms with Crippen LogP contribution in [0.5, 0.6) is 0 Å². The van der Waals surface area contributed by atoms with Gasteiger partial charge in [0.25, 0.3) is 5.91 Å². The average molecular weight is 459 g/mol. The Morgan fingerprint density at radius 3 is 2.79 bits per heavy atom. The van der Waals surface area contributed by atoms with E-state index in [-0.39, 0.29) is 11.7 Å². The number of aryl methyl sites for hydroxylation is 2. The van der Waals surface area contributed by atoms with Crippen LogP contribution in [-0.4, -0.2) is 49.8 Å². The zero-order valence-corrected chi connectivity index (χ0v) is 18.9. The van der Waals surface area contributed by atoms with Crippen LogP contribution in [0.15, 0.2) is 48.7 Å². The molecule has 0 bridgehead atoms. The number of aromatic nitrogens is 3. The third kappa shape index (κ3) is 3.70. The number of H-pyrrole nitrogens is 2. The van der Waals surface area contributed by atoms with E-state index >= 15 is 0 Å². The second-order valence-electron chi connectivity index (χ2n) is 9.69. The molecule has 7 heteroatoms. The lowest BCUT2D eigenvalue weighted by Crippen LogP contribution is -2.47. The molecule has 4 aromatic rings. The van der Waals surface area contributed by atoms with E-state index < -0.39 is 5.60 Å². The minimum atomic E-state index is -0.922. The van der Waals surface area contributed by atoms with Crippen LogP contribution in [0.1, 0.15) is 46.3 Å². The molecule has 1 amide bonds. The van der Waals surface area contributed by atoms with Gasteiger partial charge in [-0.1, -0.05) is 12.1 Å². The van der Waals surface area contributed by atoms with Crippen molar-refractivity contribution >= 4 is 16.8 Å². The van der Waals surface area contributed by atoms with E-state index in [2.05, 4.69) is 15.2 Å². The summed E-state index contributed by atoms with van der Waals surface area (Å²) in [4.78, 5) is 18.7. The maximum atomic E-state index is 13.5. The van der Waals surface area contributed by atoms with Crippen LogP contribution in [0.2, 0.25) is 0 Å². The van der Waals surface area contributed by atoms with E-state index in [4.69, 9.17) is 0 Å². The van der Waals surface area contributed by atoms with Crippen molar-refractivity contribution in [2.24, 2.45) is 0 Å². The van der Waals surface area contributed by atoms with Crippen molar-refractivity contribution in [3.8, 4) is 11.4 Å². The molecule has 2 aromatic heterocycles. The number of amides is 1. The molecule has 2 aliphatic rings. The van der Waals surface area contributed by atoms with Gasteiger partial charge in [-0.25, -0.2) is 4.39 Å². The number of hydrogen-bond donors (Lipinski definition) is 3. The number of benzene rings is 2. The smallest absolute Gasteiger partial charge is 0.253 e. The molecule has 6 nitrogen and oxygen atoms in total. The summed E-state index contributed by atoms with van der Waals surface area (Å²) in [6, 6.07) is 12.2. The summed E-state index contributed by atoms with van der Waals surface area (Å²) in [7, 11) is 0. The van der Waals surface area contributed by atoms with Crippen LogP contribution in [0, 0.1) is 5.82 Å². The van der Waals surface area contributed by atoms with Crippen LogP contribution in [-0.2, 0) is 19.3 Å². The fraction of sp³-hybridized carbons (Fsp3) is 0.333. The Hall–Kier alpha value is -3.45. The van der Waals surface area contributed by atoms with Crippen LogP contribution >= 0.6 is 0 Å². The van der Waals surface area contributed by atoms with E-state index in [1.54, 1.807) is 6.07 Å². The van der Waals surface area contributed by atoms with Gasteiger partial charge in [0, 0.05) is 36.0 Å². The van der Waals surface area contributed by atoms with Gasteiger partial charge in [0.1, 0.15) is 5.82 Å². The van der Waals surface area contributed by atoms with Gasteiger partial charge >= 0.3 is 0 Å². The molecule has 1 aliphatic carbocycles. The van der Waals surface area contributed by atoms with Crippen molar-refractivity contribution in [1.29, 1.82) is 0 Å². The highest BCUT2D eigenvalue weighted by Crippen LogP contribution is 2.36. The first-order valence-electron chi connectivity index (χ1n) is 11.9. The molecule has 0 saturated carbocycles. The van der Waals surface area contributed by atoms with Gasteiger partial charge < -0.3 is 15.0 Å². The number of likely N-dealkylation sites (tertiary alicyclic amines) is 1. The Bertz CT molecular complexity index is 1380. The molecule has 3 N–H and O–H groups in total. The van der Waals surface area contributed by atoms with Gasteiger partial charge in [-0.3, -0.25) is 9.89 Å². The monoisotopic (exact) mass is 458 g/mol. The van der Waals surface area contributed by atoms with E-state index in [0.717, 1.165) is 47.1 Å². The Kier molecular flexibility index (Phi) is 5.03. The van der Waals surface area contributed by atoms with Gasteiger partial charge in [0.15, 0.2) is 0 Å². The molecule has 0 unspecified atom stereocenters. The van der Waals surface area contributed by atoms with Gasteiger partial charge in [0.2, 0.25) is 0 Å². The van der Waals surface area contributed by atoms with Crippen molar-refractivity contribution in [2.75, 3.05) is 13.1 Å². The summed E-state index contributed by atoms with van der Waals surface area (Å²) in [6.45, 7) is 0.955. The predicted molar refractivity (Wildman–Crippen MR) is 128 cm³/mol. The van der Waals surface area contributed by atoms with Gasteiger partial charge in [0.05, 0.1) is 23.2 Å². The Morgan fingerprint density at radius 2 is 1.97 bits per heavy atom. The first-order valence-corrected chi connectivity index (χ1v) is 11.9. The molecule has 2 aromatic carbocycles. The number of nitrogens with zero attached hydrogens (tertiary/aromatic N) is 2. The van der Waals surface area contributed by atoms with Crippen LogP contribution in [0.25, 0.3) is 22.3 Å². The first kappa shape index (κ1) is 21.1. The molecule has 34 heavy (non-hydrogen) atoms. The second kappa shape index (κ2) is 8.09. The molecule has 0 spiro atoms. The Balaban J connectivity index is 1.21. The summed E-state index contributed by atoms with van der Waals surface area (Å²) in [6.07, 6.45) is 6.22. The lowest BCUT2D eigenvalue weighted by atomic mass is 9.85. The Morgan fingerprint density at radius 1 is 1.12 bits per heavy atom. The summed E-state index contributed by atoms with van der Waals surface area (Å²) < 4.78 is 13.5. The average Bonchev–Trinajstić information content (AvgIpc) is 3.39. The molecule has 0 radical (unpaired) electrons. The fourth-order valence-corrected chi connectivity index (χ4v) is 5.54.